The van der Waals surface area contributed by atoms with E-state index >= 15 is 0 Å². The molecule has 0 saturated carbocycles. The molecule has 12 aromatic carbocycles. The lowest BCUT2D eigenvalue weighted by atomic mass is 10.1. The summed E-state index contributed by atoms with van der Waals surface area (Å²) < 4.78 is 0. The van der Waals surface area contributed by atoms with Gasteiger partial charge in [-0.2, -0.15) is 0 Å². The fourth-order valence-electron chi connectivity index (χ4n) is 11.7. The quantitative estimate of drug-likeness (QED) is 0.148. The minimum atomic E-state index is 0. The number of fused-ring (bicyclic) bond motifs is 8. The molecule has 20 aromatic rings. The summed E-state index contributed by atoms with van der Waals surface area (Å²) in [6, 6.07) is 122. The zero-order valence-corrected chi connectivity index (χ0v) is 68.8. The first kappa shape index (κ1) is 91.1. The molecule has 0 N–H and O–H groups in total. The summed E-state index contributed by atoms with van der Waals surface area (Å²) in [5, 5.41) is 15.1. The minimum absolute atomic E-state index is 0. The van der Waals surface area contributed by atoms with Gasteiger partial charge in [0.2, 0.25) is 0 Å². The molecular formula is C110H112N8. The van der Waals surface area contributed by atoms with Crippen LogP contribution < -0.4 is 0 Å². The van der Waals surface area contributed by atoms with Crippen LogP contribution in [0.15, 0.2) is 414 Å². The number of hydrogen-bond acceptors (Lipinski definition) is 8. The van der Waals surface area contributed by atoms with Crippen LogP contribution in [-0.4, -0.2) is 39.9 Å². The normalized spacial score (nSPS) is 9.73. The van der Waals surface area contributed by atoms with Gasteiger partial charge in [0.1, 0.15) is 0 Å². The lowest BCUT2D eigenvalue weighted by molar-refractivity contribution is 1.20. The Morgan fingerprint density at radius 3 is 1.04 bits per heavy atom. The molecule has 20 rings (SSSR count). The van der Waals surface area contributed by atoms with E-state index in [2.05, 4.69) is 308 Å². The van der Waals surface area contributed by atoms with Gasteiger partial charge in [0.15, 0.2) is 0 Å². The SMILES string of the molecule is C.C.Cc1cc2ccccc2cn1.Cc1ccc2ccccc2c1.Cc1ccc2ccccc2c1.Cc1ccc2ccccc2n1.Cc1ccc2cccnc2c1.Cc1ccc2cnccc2c1.Cc1ccc2ncccc2c1.Cc1ccccc1.Cc1ccccc1.Cc1ccccn1.Cc1cccnc1.Cc1cnc2ccccc2c1. The summed E-state index contributed by atoms with van der Waals surface area (Å²) in [5.41, 5.74) is 19.1. The number of nitrogens with zero attached hydrogens (tertiary/aromatic N) is 8. The van der Waals surface area contributed by atoms with Gasteiger partial charge in [0.05, 0.1) is 22.1 Å². The van der Waals surface area contributed by atoms with Gasteiger partial charge in [0.25, 0.3) is 0 Å². The van der Waals surface area contributed by atoms with Gasteiger partial charge in [-0.3, -0.25) is 39.9 Å². The first-order valence-electron chi connectivity index (χ1n) is 39.0. The number of rotatable bonds is 0. The zero-order valence-electron chi connectivity index (χ0n) is 68.8. The highest BCUT2D eigenvalue weighted by molar-refractivity contribution is 5.86. The second-order valence-electron chi connectivity index (χ2n) is 28.2. The molecule has 118 heavy (non-hydrogen) atoms. The smallest absolute Gasteiger partial charge is 0.0705 e. The molecule has 0 amide bonds. The second-order valence-corrected chi connectivity index (χ2v) is 28.2. The lowest BCUT2D eigenvalue weighted by Gasteiger charge is -1.96. The van der Waals surface area contributed by atoms with Gasteiger partial charge in [-0.15, -0.1) is 0 Å². The summed E-state index contributed by atoms with van der Waals surface area (Å²) in [6.45, 7) is 24.7. The minimum Gasteiger partial charge on any atom is -0.264 e. The number of aryl methyl sites for hydroxylation is 12. The third kappa shape index (κ3) is 32.8. The molecule has 0 aliphatic carbocycles. The van der Waals surface area contributed by atoms with Gasteiger partial charge >= 0.3 is 0 Å². The van der Waals surface area contributed by atoms with Gasteiger partial charge < -0.3 is 0 Å². The Kier molecular flexibility index (Phi) is 38.8. The van der Waals surface area contributed by atoms with Crippen LogP contribution >= 0.6 is 0 Å². The molecule has 0 spiro atoms. The van der Waals surface area contributed by atoms with Crippen molar-refractivity contribution in [1.82, 2.24) is 39.9 Å². The van der Waals surface area contributed by atoms with Crippen LogP contribution in [-0.2, 0) is 0 Å². The Hall–Kier alpha value is -14.1. The Bertz CT molecular complexity index is 5180. The van der Waals surface area contributed by atoms with E-state index in [1.807, 2.05) is 217 Å². The fourth-order valence-corrected chi connectivity index (χ4v) is 11.7. The maximum absolute atomic E-state index is 4.38. The maximum atomic E-state index is 4.38. The van der Waals surface area contributed by atoms with Crippen molar-refractivity contribution in [2.24, 2.45) is 0 Å². The highest BCUT2D eigenvalue weighted by Gasteiger charge is 1.98. The van der Waals surface area contributed by atoms with Crippen LogP contribution in [0.5, 0.6) is 0 Å². The molecule has 592 valence electrons. The van der Waals surface area contributed by atoms with Crippen LogP contribution in [0.3, 0.4) is 0 Å². The molecule has 0 radical (unpaired) electrons. The van der Waals surface area contributed by atoms with Crippen LogP contribution in [0.25, 0.3) is 86.7 Å². The predicted molar refractivity (Wildman–Crippen MR) is 510 cm³/mol. The predicted octanol–water partition coefficient (Wildman–Crippen LogP) is 29.6. The average Bonchev–Trinajstić information content (AvgIpc) is 0.899. The standard InChI is InChI=1S/2C11H10.6C10H9N.2C7H8.2C6H7N.2CH4/c2*1-9-6-7-10-4-2-3-5-11(10)8-9;1-8-2-3-10-7-11-5-4-9(10)6-8;1-8-4-5-10-9(7-8)3-2-6-11-10;1-8-4-5-9-3-2-6-11-10(9)7-8;1-8-6-9-4-2-3-5-10(9)7-11-8;1-8-6-9-4-2-3-5-10(9)11-7-8;1-8-6-7-9-4-2-3-5-10(9)11-8;2*1-7-5-3-2-4-6-7;1-6-3-2-4-7-5-6;1-6-4-2-3-5-7-6;;/h2*2-8H,1H3;6*2-7H,1H3;2*2-6H,1H3;2*2-5H,1H3;2*1H4. The van der Waals surface area contributed by atoms with Crippen molar-refractivity contribution in [2.45, 2.75) is 97.9 Å². The van der Waals surface area contributed by atoms with Gasteiger partial charge in [-0.1, -0.05) is 321 Å². The van der Waals surface area contributed by atoms with E-state index < -0.39 is 0 Å². The molecule has 8 nitrogen and oxygen atoms in total. The summed E-state index contributed by atoms with van der Waals surface area (Å²) in [7, 11) is 0. The lowest BCUT2D eigenvalue weighted by Crippen LogP contribution is -1.80. The van der Waals surface area contributed by atoms with E-state index in [0.717, 1.165) is 39.1 Å². The molecule has 8 heterocycles. The number of hydrogen-bond donors (Lipinski definition) is 0. The van der Waals surface area contributed by atoms with Crippen LogP contribution in [0.1, 0.15) is 82.0 Å². The molecule has 0 aliphatic rings. The molecular weight excluding hydrogens is 1430 g/mol. The van der Waals surface area contributed by atoms with Crippen LogP contribution in [0.2, 0.25) is 0 Å². The fraction of sp³-hybridized carbons (Fsp3) is 0.127. The summed E-state index contributed by atoms with van der Waals surface area (Å²) >= 11 is 0. The number of benzene rings is 12. The highest BCUT2D eigenvalue weighted by atomic mass is 14.7. The van der Waals surface area contributed by atoms with Crippen molar-refractivity contribution >= 4 is 86.7 Å². The van der Waals surface area contributed by atoms with E-state index in [4.69, 9.17) is 0 Å². The zero-order chi connectivity index (χ0) is 81.9. The van der Waals surface area contributed by atoms with Crippen molar-refractivity contribution in [2.75, 3.05) is 0 Å². The first-order valence-corrected chi connectivity index (χ1v) is 39.0. The van der Waals surface area contributed by atoms with E-state index in [-0.39, 0.29) is 14.9 Å². The molecule has 0 bridgehead atoms. The molecule has 8 aromatic heterocycles. The topological polar surface area (TPSA) is 103 Å². The second kappa shape index (κ2) is 50.2. The van der Waals surface area contributed by atoms with Crippen molar-refractivity contribution in [3.05, 3.63) is 481 Å². The molecule has 0 atom stereocenters. The maximum Gasteiger partial charge on any atom is 0.0705 e. The van der Waals surface area contributed by atoms with Gasteiger partial charge in [-0.25, -0.2) is 0 Å². The Morgan fingerprint density at radius 2 is 0.525 bits per heavy atom. The van der Waals surface area contributed by atoms with Crippen molar-refractivity contribution in [3.63, 3.8) is 0 Å². The van der Waals surface area contributed by atoms with Gasteiger partial charge in [-0.05, 0) is 217 Å². The molecule has 0 aliphatic heterocycles. The largest absolute Gasteiger partial charge is 0.264 e. The third-order valence-corrected chi connectivity index (χ3v) is 17.9. The molecule has 0 unspecified atom stereocenters. The van der Waals surface area contributed by atoms with E-state index in [1.54, 1.807) is 12.4 Å². The van der Waals surface area contributed by atoms with Crippen molar-refractivity contribution in [3.8, 4) is 0 Å². The third-order valence-electron chi connectivity index (χ3n) is 17.9. The molecule has 8 heteroatoms. The summed E-state index contributed by atoms with van der Waals surface area (Å²) in [6.07, 6.45) is 16.5. The van der Waals surface area contributed by atoms with E-state index in [1.165, 1.54) is 115 Å². The number of para-hydroxylation sites is 2. The number of aromatic nitrogens is 8. The van der Waals surface area contributed by atoms with Crippen molar-refractivity contribution in [1.29, 1.82) is 0 Å². The number of pyridine rings is 8. The average molecular weight is 1550 g/mol. The Labute approximate surface area is 700 Å². The Balaban J connectivity index is 0.000000178. The summed E-state index contributed by atoms with van der Waals surface area (Å²) in [5.74, 6) is 0. The first-order chi connectivity index (χ1) is 56.5. The van der Waals surface area contributed by atoms with Gasteiger partial charge in [0, 0.05) is 105 Å². The van der Waals surface area contributed by atoms with E-state index in [0.29, 0.717) is 0 Å². The molecule has 0 fully saturated rings. The Morgan fingerprint density at radius 1 is 0.153 bits per heavy atom. The summed E-state index contributed by atoms with van der Waals surface area (Å²) in [4.78, 5) is 33.2. The van der Waals surface area contributed by atoms with E-state index in [9.17, 15) is 0 Å². The monoisotopic (exact) mass is 1540 g/mol. The molecule has 0 saturated heterocycles. The van der Waals surface area contributed by atoms with Crippen LogP contribution in [0, 0.1) is 83.1 Å². The van der Waals surface area contributed by atoms with Crippen LogP contribution in [0.4, 0.5) is 0 Å². The highest BCUT2D eigenvalue weighted by Crippen LogP contribution is 2.20. The van der Waals surface area contributed by atoms with Crippen molar-refractivity contribution < 1.29 is 0 Å².